The molecule has 62 valence electrons. The van der Waals surface area contributed by atoms with Crippen LogP contribution in [0.25, 0.3) is 5.65 Å². The number of imidazole rings is 1. The lowest BCUT2D eigenvalue weighted by molar-refractivity contribution is 0.457. The van der Waals surface area contributed by atoms with Crippen LogP contribution in [0.2, 0.25) is 0 Å². The third-order valence-electron chi connectivity index (χ3n) is 1.46. The maximum atomic E-state index is 13.0. The van der Waals surface area contributed by atoms with Gasteiger partial charge < -0.3 is 5.11 Å². The second kappa shape index (κ2) is 2.45. The van der Waals surface area contributed by atoms with Crippen molar-refractivity contribution in [2.75, 3.05) is 0 Å². The normalized spacial score (nSPS) is 10.8. The van der Waals surface area contributed by atoms with Gasteiger partial charge in [0.2, 0.25) is 5.88 Å². The Kier molecular flexibility index (Phi) is 1.54. The van der Waals surface area contributed by atoms with E-state index in [2.05, 4.69) is 20.9 Å². The van der Waals surface area contributed by atoms with Crippen LogP contribution in [0, 0.1) is 5.82 Å². The molecule has 2 aromatic rings. The largest absolute Gasteiger partial charge is 0.492 e. The molecule has 0 aliphatic rings. The van der Waals surface area contributed by atoms with Crippen LogP contribution in [0.15, 0.2) is 22.9 Å². The first-order valence-corrected chi connectivity index (χ1v) is 3.99. The number of rotatable bonds is 0. The van der Waals surface area contributed by atoms with E-state index in [0.29, 0.717) is 4.47 Å². The highest BCUT2D eigenvalue weighted by Gasteiger charge is 2.05. The Bertz CT molecular complexity index is 440. The van der Waals surface area contributed by atoms with Crippen molar-refractivity contribution < 1.29 is 9.50 Å². The van der Waals surface area contributed by atoms with Gasteiger partial charge in [0.15, 0.2) is 11.5 Å². The van der Waals surface area contributed by atoms with Gasteiger partial charge in [0.05, 0.1) is 6.20 Å². The minimum atomic E-state index is -0.468. The summed E-state index contributed by atoms with van der Waals surface area (Å²) in [6, 6.07) is 1.29. The molecule has 1 N–H and O–H groups in total. The maximum Gasteiger partial charge on any atom is 0.230 e. The third kappa shape index (κ3) is 1.06. The Morgan fingerprint density at radius 1 is 1.50 bits per heavy atom. The first-order chi connectivity index (χ1) is 5.66. The summed E-state index contributed by atoms with van der Waals surface area (Å²) in [5, 5.41) is 8.96. The van der Waals surface area contributed by atoms with Gasteiger partial charge in [-0.3, -0.25) is 4.40 Å². The zero-order valence-corrected chi connectivity index (χ0v) is 7.42. The Morgan fingerprint density at radius 2 is 2.25 bits per heavy atom. The Labute approximate surface area is 75.6 Å². The maximum absolute atomic E-state index is 13.0. The van der Waals surface area contributed by atoms with Crippen molar-refractivity contribution in [3.63, 3.8) is 0 Å². The van der Waals surface area contributed by atoms with Gasteiger partial charge in [-0.1, -0.05) is 0 Å². The molecule has 0 spiro atoms. The molecule has 0 saturated heterocycles. The van der Waals surface area contributed by atoms with Crippen LogP contribution >= 0.6 is 15.9 Å². The lowest BCUT2D eigenvalue weighted by Crippen LogP contribution is -1.87. The molecule has 0 amide bonds. The molecule has 5 heteroatoms. The molecule has 0 fully saturated rings. The number of pyridine rings is 1. The summed E-state index contributed by atoms with van der Waals surface area (Å²) in [6.07, 6.45) is 2.95. The molecule has 2 heterocycles. The van der Waals surface area contributed by atoms with E-state index in [1.807, 2.05) is 0 Å². The summed E-state index contributed by atoms with van der Waals surface area (Å²) >= 11 is 3.12. The Morgan fingerprint density at radius 3 is 3.00 bits per heavy atom. The summed E-state index contributed by atoms with van der Waals surface area (Å²) in [4.78, 5) is 3.58. The zero-order chi connectivity index (χ0) is 8.72. The monoisotopic (exact) mass is 230 g/mol. The predicted octanol–water partition coefficient (Wildman–Crippen LogP) is 1.94. The topological polar surface area (TPSA) is 37.5 Å². The van der Waals surface area contributed by atoms with Gasteiger partial charge in [0, 0.05) is 10.7 Å². The van der Waals surface area contributed by atoms with Crippen LogP contribution in [-0.2, 0) is 0 Å². The SMILES string of the molecule is Oc1cn2cc(Br)cc(F)c2n1. The second-order valence-electron chi connectivity index (χ2n) is 2.34. The van der Waals surface area contributed by atoms with Crippen LogP contribution in [-0.4, -0.2) is 14.5 Å². The van der Waals surface area contributed by atoms with E-state index in [0.717, 1.165) is 0 Å². The van der Waals surface area contributed by atoms with Gasteiger partial charge in [-0.2, -0.15) is 4.98 Å². The fraction of sp³-hybridized carbons (Fsp3) is 0. The first-order valence-electron chi connectivity index (χ1n) is 3.19. The van der Waals surface area contributed by atoms with E-state index >= 15 is 0 Å². The van der Waals surface area contributed by atoms with Crippen LogP contribution in [0.1, 0.15) is 0 Å². The van der Waals surface area contributed by atoms with Crippen molar-refractivity contribution in [1.29, 1.82) is 0 Å². The summed E-state index contributed by atoms with van der Waals surface area (Å²) < 4.78 is 15.0. The second-order valence-corrected chi connectivity index (χ2v) is 3.25. The van der Waals surface area contributed by atoms with E-state index < -0.39 is 5.82 Å². The van der Waals surface area contributed by atoms with Crippen molar-refractivity contribution in [3.8, 4) is 5.88 Å². The molecule has 12 heavy (non-hydrogen) atoms. The van der Waals surface area contributed by atoms with Gasteiger partial charge in [-0.15, -0.1) is 0 Å². The van der Waals surface area contributed by atoms with Gasteiger partial charge in [0.1, 0.15) is 0 Å². The summed E-state index contributed by atoms with van der Waals surface area (Å²) in [5.41, 5.74) is 0.121. The van der Waals surface area contributed by atoms with E-state index in [-0.39, 0.29) is 11.5 Å². The molecule has 0 aliphatic carbocycles. The smallest absolute Gasteiger partial charge is 0.230 e. The average Bonchev–Trinajstić information content (AvgIpc) is 2.29. The third-order valence-corrected chi connectivity index (χ3v) is 1.89. The molecule has 3 nitrogen and oxygen atoms in total. The van der Waals surface area contributed by atoms with Gasteiger partial charge >= 0.3 is 0 Å². The minimum Gasteiger partial charge on any atom is -0.492 e. The summed E-state index contributed by atoms with van der Waals surface area (Å²) in [5.74, 6) is -0.656. The highest BCUT2D eigenvalue weighted by atomic mass is 79.9. The first kappa shape index (κ1) is 7.54. The van der Waals surface area contributed by atoms with Crippen LogP contribution in [0.3, 0.4) is 0 Å². The van der Waals surface area contributed by atoms with E-state index in [1.165, 1.54) is 16.7 Å². The van der Waals surface area contributed by atoms with E-state index in [9.17, 15) is 4.39 Å². The van der Waals surface area contributed by atoms with E-state index in [1.54, 1.807) is 6.20 Å². The van der Waals surface area contributed by atoms with Crippen molar-refractivity contribution in [2.24, 2.45) is 0 Å². The summed E-state index contributed by atoms with van der Waals surface area (Å²) in [6.45, 7) is 0. The lowest BCUT2D eigenvalue weighted by Gasteiger charge is -1.94. The number of nitrogens with zero attached hydrogens (tertiary/aromatic N) is 2. The molecule has 0 radical (unpaired) electrons. The summed E-state index contributed by atoms with van der Waals surface area (Å²) in [7, 11) is 0. The van der Waals surface area contributed by atoms with E-state index in [4.69, 9.17) is 5.11 Å². The van der Waals surface area contributed by atoms with Crippen molar-refractivity contribution in [3.05, 3.63) is 28.7 Å². The highest BCUT2D eigenvalue weighted by Crippen LogP contribution is 2.18. The number of halogens is 2. The van der Waals surface area contributed by atoms with Gasteiger partial charge in [-0.25, -0.2) is 4.39 Å². The lowest BCUT2D eigenvalue weighted by atomic mass is 10.4. The number of fused-ring (bicyclic) bond motifs is 1. The Balaban J connectivity index is 2.88. The molecular formula is C7H4BrFN2O. The standard InChI is InChI=1S/C7H4BrFN2O/c8-4-1-5(9)7-10-6(12)3-11(7)2-4/h1-3,12H. The Hall–Kier alpha value is -1.10. The highest BCUT2D eigenvalue weighted by molar-refractivity contribution is 9.10. The molecular weight excluding hydrogens is 227 g/mol. The fourth-order valence-corrected chi connectivity index (χ4v) is 1.43. The van der Waals surface area contributed by atoms with Crippen molar-refractivity contribution in [2.45, 2.75) is 0 Å². The molecule has 0 bridgehead atoms. The van der Waals surface area contributed by atoms with Crippen molar-refractivity contribution in [1.82, 2.24) is 9.38 Å². The fourth-order valence-electron chi connectivity index (χ4n) is 1.01. The predicted molar refractivity (Wildman–Crippen MR) is 44.5 cm³/mol. The van der Waals surface area contributed by atoms with Crippen molar-refractivity contribution >= 4 is 21.6 Å². The molecule has 0 unspecified atom stereocenters. The average molecular weight is 231 g/mol. The molecule has 2 rings (SSSR count). The number of hydrogen-bond acceptors (Lipinski definition) is 2. The quantitative estimate of drug-likeness (QED) is 0.752. The van der Waals surface area contributed by atoms with Gasteiger partial charge in [-0.05, 0) is 22.0 Å². The minimum absolute atomic E-state index is 0.121. The molecule has 0 aliphatic heterocycles. The van der Waals surface area contributed by atoms with Crippen LogP contribution < -0.4 is 0 Å². The molecule has 0 atom stereocenters. The molecule has 0 aromatic carbocycles. The number of aromatic hydroxyl groups is 1. The number of aromatic nitrogens is 2. The molecule has 2 aromatic heterocycles. The van der Waals surface area contributed by atoms with Crippen LogP contribution in [0.5, 0.6) is 5.88 Å². The van der Waals surface area contributed by atoms with Crippen LogP contribution in [0.4, 0.5) is 4.39 Å². The number of hydrogen-bond donors (Lipinski definition) is 1. The zero-order valence-electron chi connectivity index (χ0n) is 5.83. The molecule has 0 saturated carbocycles. The van der Waals surface area contributed by atoms with Gasteiger partial charge in [0.25, 0.3) is 0 Å².